The third kappa shape index (κ3) is 3.19. The first-order valence-corrected chi connectivity index (χ1v) is 9.89. The lowest BCUT2D eigenvalue weighted by Crippen LogP contribution is -2.45. The summed E-state index contributed by atoms with van der Waals surface area (Å²) in [5.74, 6) is 0.612. The Labute approximate surface area is 158 Å². The lowest BCUT2D eigenvalue weighted by molar-refractivity contribution is -0.123. The van der Waals surface area contributed by atoms with Crippen molar-refractivity contribution in [3.63, 3.8) is 0 Å². The molecule has 3 heteroatoms. The van der Waals surface area contributed by atoms with Gasteiger partial charge in [-0.2, -0.15) is 0 Å². The molecule has 2 aromatic carbocycles. The summed E-state index contributed by atoms with van der Waals surface area (Å²) >= 11 is 1.81. The zero-order valence-electron chi connectivity index (χ0n) is 15.1. The van der Waals surface area contributed by atoms with Crippen molar-refractivity contribution in [3.05, 3.63) is 93.7 Å². The van der Waals surface area contributed by atoms with Crippen LogP contribution in [-0.2, 0) is 10.3 Å². The van der Waals surface area contributed by atoms with Crippen LogP contribution in [0.25, 0.3) is 0 Å². The fourth-order valence-corrected chi connectivity index (χ4v) is 4.70. The van der Waals surface area contributed by atoms with Crippen molar-refractivity contribution in [1.82, 2.24) is 5.32 Å². The number of hydrogen-bond acceptors (Lipinski definition) is 2. The number of hydrogen-bond donors (Lipinski definition) is 1. The predicted molar refractivity (Wildman–Crippen MR) is 107 cm³/mol. The summed E-state index contributed by atoms with van der Waals surface area (Å²) in [6.07, 6.45) is 0.950. The molecule has 1 fully saturated rings. The van der Waals surface area contributed by atoms with E-state index in [0.29, 0.717) is 5.92 Å². The van der Waals surface area contributed by atoms with Crippen LogP contribution in [0, 0.1) is 12.8 Å². The average Bonchev–Trinajstić information content (AvgIpc) is 3.37. The van der Waals surface area contributed by atoms with E-state index in [1.165, 1.54) is 9.75 Å². The Morgan fingerprint density at radius 1 is 0.962 bits per heavy atom. The van der Waals surface area contributed by atoms with Gasteiger partial charge in [-0.1, -0.05) is 60.7 Å². The van der Waals surface area contributed by atoms with Crippen LogP contribution in [0.2, 0.25) is 0 Å². The van der Waals surface area contributed by atoms with Crippen LogP contribution >= 0.6 is 11.3 Å². The standard InChI is InChI=1S/C23H23NOS/c1-16-13-14-21(26-16)19-15-20(19)22(25)24-23(2,17-9-5-3-6-10-17)18-11-7-4-8-12-18/h3-14,19-20H,15H2,1-2H3,(H,24,25). The van der Waals surface area contributed by atoms with Gasteiger partial charge in [-0.25, -0.2) is 0 Å². The van der Waals surface area contributed by atoms with Gasteiger partial charge in [0.2, 0.25) is 5.91 Å². The molecule has 0 spiro atoms. The molecule has 2 nitrogen and oxygen atoms in total. The van der Waals surface area contributed by atoms with Crippen LogP contribution in [0.1, 0.15) is 40.1 Å². The van der Waals surface area contributed by atoms with Crippen molar-refractivity contribution >= 4 is 17.2 Å². The van der Waals surface area contributed by atoms with E-state index in [9.17, 15) is 4.79 Å². The fourth-order valence-electron chi connectivity index (χ4n) is 3.64. The molecule has 26 heavy (non-hydrogen) atoms. The Bertz CT molecular complexity index is 861. The Kier molecular flexibility index (Phi) is 4.41. The lowest BCUT2D eigenvalue weighted by Gasteiger charge is -2.32. The van der Waals surface area contributed by atoms with Crippen molar-refractivity contribution in [3.8, 4) is 0 Å². The molecular weight excluding hydrogens is 338 g/mol. The van der Waals surface area contributed by atoms with Crippen LogP contribution in [0.15, 0.2) is 72.8 Å². The third-order valence-electron chi connectivity index (χ3n) is 5.33. The number of rotatable bonds is 5. The number of carbonyl (C=O) groups is 1. The van der Waals surface area contributed by atoms with Gasteiger partial charge >= 0.3 is 0 Å². The molecule has 3 aromatic rings. The molecule has 1 aliphatic carbocycles. The van der Waals surface area contributed by atoms with Crippen LogP contribution in [0.3, 0.4) is 0 Å². The molecule has 0 aliphatic heterocycles. The summed E-state index contributed by atoms with van der Waals surface area (Å²) in [6, 6.07) is 24.8. The smallest absolute Gasteiger partial charge is 0.224 e. The molecule has 1 saturated carbocycles. The number of amides is 1. The summed E-state index contributed by atoms with van der Waals surface area (Å²) in [4.78, 5) is 15.7. The maximum Gasteiger partial charge on any atom is 0.224 e. The maximum atomic E-state index is 13.1. The van der Waals surface area contributed by atoms with Crippen molar-refractivity contribution in [2.24, 2.45) is 5.92 Å². The van der Waals surface area contributed by atoms with Gasteiger partial charge < -0.3 is 5.32 Å². The zero-order valence-corrected chi connectivity index (χ0v) is 15.9. The van der Waals surface area contributed by atoms with E-state index < -0.39 is 5.54 Å². The summed E-state index contributed by atoms with van der Waals surface area (Å²) in [5, 5.41) is 3.36. The van der Waals surface area contributed by atoms with E-state index in [-0.39, 0.29) is 11.8 Å². The normalized spacial score (nSPS) is 19.2. The Hall–Kier alpha value is -2.39. The van der Waals surface area contributed by atoms with Crippen LogP contribution < -0.4 is 5.32 Å². The first-order chi connectivity index (χ1) is 12.6. The summed E-state index contributed by atoms with van der Waals surface area (Å²) in [5.41, 5.74) is 1.67. The highest BCUT2D eigenvalue weighted by atomic mass is 32.1. The van der Waals surface area contributed by atoms with E-state index >= 15 is 0 Å². The maximum absolute atomic E-state index is 13.1. The average molecular weight is 362 g/mol. The molecule has 0 bridgehead atoms. The minimum atomic E-state index is -0.530. The molecule has 4 rings (SSSR count). The minimum Gasteiger partial charge on any atom is -0.342 e. The molecule has 2 unspecified atom stereocenters. The zero-order chi connectivity index (χ0) is 18.1. The highest BCUT2D eigenvalue weighted by molar-refractivity contribution is 7.12. The summed E-state index contributed by atoms with van der Waals surface area (Å²) < 4.78 is 0. The lowest BCUT2D eigenvalue weighted by atomic mass is 9.84. The highest BCUT2D eigenvalue weighted by Crippen LogP contribution is 2.50. The quantitative estimate of drug-likeness (QED) is 0.661. The molecule has 0 radical (unpaired) electrons. The van der Waals surface area contributed by atoms with Crippen molar-refractivity contribution in [2.45, 2.75) is 31.7 Å². The molecule has 132 valence electrons. The van der Waals surface area contributed by atoms with E-state index in [1.807, 2.05) is 47.7 Å². The van der Waals surface area contributed by atoms with E-state index in [4.69, 9.17) is 0 Å². The Morgan fingerprint density at radius 3 is 2.04 bits per heavy atom. The molecular formula is C23H23NOS. The van der Waals surface area contributed by atoms with Gasteiger partial charge in [0.05, 0.1) is 5.54 Å². The third-order valence-corrected chi connectivity index (χ3v) is 6.46. The Balaban J connectivity index is 1.59. The van der Waals surface area contributed by atoms with Crippen molar-refractivity contribution in [1.29, 1.82) is 0 Å². The molecule has 1 N–H and O–H groups in total. The molecule has 1 aliphatic rings. The van der Waals surface area contributed by atoms with Crippen molar-refractivity contribution < 1.29 is 4.79 Å². The number of benzene rings is 2. The van der Waals surface area contributed by atoms with Gasteiger partial charge in [0, 0.05) is 21.6 Å². The van der Waals surface area contributed by atoms with E-state index in [2.05, 4.69) is 55.6 Å². The number of carbonyl (C=O) groups excluding carboxylic acids is 1. The van der Waals surface area contributed by atoms with E-state index in [0.717, 1.165) is 17.5 Å². The Morgan fingerprint density at radius 2 is 1.54 bits per heavy atom. The molecule has 1 heterocycles. The highest BCUT2D eigenvalue weighted by Gasteiger charge is 2.46. The first kappa shape index (κ1) is 17.0. The van der Waals surface area contributed by atoms with Gasteiger partial charge in [0.25, 0.3) is 0 Å². The SMILES string of the molecule is Cc1ccc(C2CC2C(=O)NC(C)(c2ccccc2)c2ccccc2)s1. The second-order valence-corrected chi connectivity index (χ2v) is 8.56. The van der Waals surface area contributed by atoms with E-state index in [1.54, 1.807) is 0 Å². The topological polar surface area (TPSA) is 29.1 Å². The fraction of sp³-hybridized carbons (Fsp3) is 0.261. The molecule has 1 aromatic heterocycles. The number of aryl methyl sites for hydroxylation is 1. The van der Waals surface area contributed by atoms with Gasteiger partial charge in [-0.15, -0.1) is 11.3 Å². The van der Waals surface area contributed by atoms with Gasteiger partial charge in [0.15, 0.2) is 0 Å². The van der Waals surface area contributed by atoms with Crippen molar-refractivity contribution in [2.75, 3.05) is 0 Å². The van der Waals surface area contributed by atoms with Gasteiger partial charge in [-0.3, -0.25) is 4.79 Å². The second-order valence-electron chi connectivity index (χ2n) is 7.24. The number of nitrogens with one attached hydrogen (secondary N) is 1. The molecule has 2 atom stereocenters. The predicted octanol–water partition coefficient (Wildman–Crippen LogP) is 5.24. The molecule has 1 amide bonds. The summed E-state index contributed by atoms with van der Waals surface area (Å²) in [7, 11) is 0. The molecule has 0 saturated heterocycles. The van der Waals surface area contributed by atoms with Crippen LogP contribution in [0.5, 0.6) is 0 Å². The van der Waals surface area contributed by atoms with Crippen LogP contribution in [-0.4, -0.2) is 5.91 Å². The first-order valence-electron chi connectivity index (χ1n) is 9.07. The second kappa shape index (κ2) is 6.73. The number of thiophene rings is 1. The van der Waals surface area contributed by atoms with Gasteiger partial charge in [-0.05, 0) is 43.5 Å². The summed E-state index contributed by atoms with van der Waals surface area (Å²) in [6.45, 7) is 4.22. The van der Waals surface area contributed by atoms with Crippen LogP contribution in [0.4, 0.5) is 0 Å². The minimum absolute atomic E-state index is 0.0831. The monoisotopic (exact) mass is 361 g/mol. The largest absolute Gasteiger partial charge is 0.342 e. The van der Waals surface area contributed by atoms with Gasteiger partial charge in [0.1, 0.15) is 0 Å².